The lowest BCUT2D eigenvalue weighted by Crippen LogP contribution is -2.21. The fraction of sp³-hybridized carbons (Fsp3) is 0.533. The number of nitrogens with zero attached hydrogens (tertiary/aromatic N) is 2. The van der Waals surface area contributed by atoms with Crippen molar-refractivity contribution in [2.24, 2.45) is 5.92 Å². The van der Waals surface area contributed by atoms with E-state index >= 15 is 0 Å². The molecule has 1 unspecified atom stereocenters. The molecule has 19 heavy (non-hydrogen) atoms. The molecule has 3 nitrogen and oxygen atoms in total. The van der Waals surface area contributed by atoms with E-state index < -0.39 is 0 Å². The van der Waals surface area contributed by atoms with Crippen LogP contribution in [0.15, 0.2) is 22.8 Å². The van der Waals surface area contributed by atoms with Crippen molar-refractivity contribution in [1.82, 2.24) is 9.78 Å². The number of hydrogen-bond acceptors (Lipinski definition) is 2. The summed E-state index contributed by atoms with van der Waals surface area (Å²) in [5.74, 6) is 1.56. The van der Waals surface area contributed by atoms with Gasteiger partial charge in [-0.15, -0.1) is 0 Å². The Morgan fingerprint density at radius 2 is 2.11 bits per heavy atom. The second-order valence-corrected chi connectivity index (χ2v) is 6.34. The lowest BCUT2D eigenvalue weighted by Gasteiger charge is -2.28. The average Bonchev–Trinajstić information content (AvgIpc) is 2.80. The molecule has 102 valence electrons. The smallest absolute Gasteiger partial charge is 0.135 e. The van der Waals surface area contributed by atoms with Crippen molar-refractivity contribution in [2.75, 3.05) is 7.11 Å². The number of benzene rings is 1. The van der Waals surface area contributed by atoms with Gasteiger partial charge >= 0.3 is 0 Å². The van der Waals surface area contributed by atoms with Gasteiger partial charge in [0.05, 0.1) is 23.1 Å². The third-order valence-electron chi connectivity index (χ3n) is 4.20. The first-order valence-corrected chi connectivity index (χ1v) is 7.70. The second kappa shape index (κ2) is 5.16. The third-order valence-corrected chi connectivity index (χ3v) is 4.82. The third kappa shape index (κ3) is 2.38. The number of hydrogen-bond donors (Lipinski definition) is 0. The quantitative estimate of drug-likeness (QED) is 0.810. The van der Waals surface area contributed by atoms with E-state index in [0.717, 1.165) is 15.7 Å². The number of aromatic nitrogens is 2. The van der Waals surface area contributed by atoms with E-state index in [2.05, 4.69) is 39.8 Å². The van der Waals surface area contributed by atoms with Gasteiger partial charge in [0.25, 0.3) is 0 Å². The zero-order valence-electron chi connectivity index (χ0n) is 11.4. The van der Waals surface area contributed by atoms with Crippen molar-refractivity contribution < 1.29 is 4.74 Å². The van der Waals surface area contributed by atoms with Crippen molar-refractivity contribution in [3.63, 3.8) is 0 Å². The van der Waals surface area contributed by atoms with E-state index in [0.29, 0.717) is 12.0 Å². The summed E-state index contributed by atoms with van der Waals surface area (Å²) in [6, 6.07) is 4.64. The van der Waals surface area contributed by atoms with E-state index in [-0.39, 0.29) is 0 Å². The van der Waals surface area contributed by atoms with Crippen LogP contribution in [-0.2, 0) is 0 Å². The maximum atomic E-state index is 5.33. The summed E-state index contributed by atoms with van der Waals surface area (Å²) in [6.07, 6.45) is 7.41. The fourth-order valence-corrected chi connectivity index (χ4v) is 3.58. The van der Waals surface area contributed by atoms with Crippen LogP contribution in [0, 0.1) is 5.92 Å². The molecule has 1 aromatic carbocycles. The van der Waals surface area contributed by atoms with Gasteiger partial charge in [0.2, 0.25) is 0 Å². The maximum absolute atomic E-state index is 5.33. The van der Waals surface area contributed by atoms with Gasteiger partial charge in [0.1, 0.15) is 5.75 Å². The Morgan fingerprint density at radius 3 is 2.84 bits per heavy atom. The molecule has 1 aliphatic rings. The maximum Gasteiger partial charge on any atom is 0.135 e. The van der Waals surface area contributed by atoms with Gasteiger partial charge in [0.15, 0.2) is 0 Å². The van der Waals surface area contributed by atoms with Gasteiger partial charge in [-0.3, -0.25) is 4.68 Å². The van der Waals surface area contributed by atoms with E-state index in [1.54, 1.807) is 7.11 Å². The molecule has 3 rings (SSSR count). The van der Waals surface area contributed by atoms with Crippen LogP contribution in [0.25, 0.3) is 10.9 Å². The largest absolute Gasteiger partial charge is 0.495 e. The summed E-state index contributed by atoms with van der Waals surface area (Å²) < 4.78 is 8.48. The van der Waals surface area contributed by atoms with Crippen molar-refractivity contribution in [1.29, 1.82) is 0 Å². The summed E-state index contributed by atoms with van der Waals surface area (Å²) >= 11 is 3.53. The lowest BCUT2D eigenvalue weighted by atomic mass is 9.86. The number of methoxy groups -OCH3 is 1. The predicted molar refractivity (Wildman–Crippen MR) is 80.7 cm³/mol. The Balaban J connectivity index is 2.01. The van der Waals surface area contributed by atoms with Crippen LogP contribution in [0.1, 0.15) is 38.6 Å². The summed E-state index contributed by atoms with van der Waals surface area (Å²) in [5.41, 5.74) is 1.01. The molecule has 0 aliphatic heterocycles. The standard InChI is InChI=1S/C15H19BrN2O/c1-10-5-3-4-6-14(10)18-9-11-7-12(16)15(19-2)8-13(11)17-18/h7-10,14H,3-6H2,1-2H3/t10-,14?/m0/s1. The van der Waals surface area contributed by atoms with Gasteiger partial charge in [-0.2, -0.15) is 5.10 Å². The Hall–Kier alpha value is -1.03. The van der Waals surface area contributed by atoms with Crippen LogP contribution in [0.5, 0.6) is 5.75 Å². The first-order valence-electron chi connectivity index (χ1n) is 6.91. The van der Waals surface area contributed by atoms with E-state index in [1.165, 1.54) is 31.1 Å². The molecule has 1 fully saturated rings. The molecule has 0 bridgehead atoms. The molecule has 1 aromatic heterocycles. The number of ether oxygens (including phenoxy) is 1. The van der Waals surface area contributed by atoms with Gasteiger partial charge < -0.3 is 4.74 Å². The molecule has 1 aliphatic carbocycles. The lowest BCUT2D eigenvalue weighted by molar-refractivity contribution is 0.241. The highest BCUT2D eigenvalue weighted by Crippen LogP contribution is 2.35. The van der Waals surface area contributed by atoms with Gasteiger partial charge in [0, 0.05) is 17.6 Å². The van der Waals surface area contributed by atoms with Crippen molar-refractivity contribution >= 4 is 26.8 Å². The second-order valence-electron chi connectivity index (χ2n) is 5.48. The first-order chi connectivity index (χ1) is 9.19. The highest BCUT2D eigenvalue weighted by Gasteiger charge is 2.23. The van der Waals surface area contributed by atoms with E-state index in [9.17, 15) is 0 Å². The molecule has 0 N–H and O–H groups in total. The highest BCUT2D eigenvalue weighted by molar-refractivity contribution is 9.10. The molecule has 0 spiro atoms. The molecule has 2 aromatic rings. The first kappa shape index (κ1) is 13.0. The molecular formula is C15H19BrN2O. The fourth-order valence-electron chi connectivity index (χ4n) is 3.06. The summed E-state index contributed by atoms with van der Waals surface area (Å²) in [4.78, 5) is 0. The zero-order valence-corrected chi connectivity index (χ0v) is 13.0. The van der Waals surface area contributed by atoms with E-state index in [4.69, 9.17) is 9.84 Å². The number of fused-ring (bicyclic) bond motifs is 1. The van der Waals surface area contributed by atoms with Crippen LogP contribution in [0.4, 0.5) is 0 Å². The Bertz CT molecular complexity index is 593. The zero-order chi connectivity index (χ0) is 13.4. The molecule has 0 saturated heterocycles. The van der Waals surface area contributed by atoms with E-state index in [1.807, 2.05) is 6.07 Å². The van der Waals surface area contributed by atoms with Crippen molar-refractivity contribution in [3.8, 4) is 5.75 Å². The van der Waals surface area contributed by atoms with Crippen LogP contribution in [0.3, 0.4) is 0 Å². The number of halogens is 1. The van der Waals surface area contributed by atoms with Gasteiger partial charge in [-0.1, -0.05) is 19.8 Å². The van der Waals surface area contributed by atoms with Crippen LogP contribution < -0.4 is 4.74 Å². The SMILES string of the molecule is COc1cc2nn(C3CCCC[C@@H]3C)cc2cc1Br. The highest BCUT2D eigenvalue weighted by atomic mass is 79.9. The van der Waals surface area contributed by atoms with Crippen molar-refractivity contribution in [2.45, 2.75) is 38.6 Å². The molecular weight excluding hydrogens is 304 g/mol. The Kier molecular flexibility index (Phi) is 3.52. The predicted octanol–water partition coefficient (Wildman–Crippen LogP) is 4.56. The van der Waals surface area contributed by atoms with Crippen LogP contribution in [0.2, 0.25) is 0 Å². The molecule has 2 atom stereocenters. The van der Waals surface area contributed by atoms with Crippen LogP contribution in [-0.4, -0.2) is 16.9 Å². The minimum Gasteiger partial charge on any atom is -0.495 e. The topological polar surface area (TPSA) is 27.1 Å². The molecule has 1 saturated carbocycles. The molecule has 1 heterocycles. The monoisotopic (exact) mass is 322 g/mol. The minimum absolute atomic E-state index is 0.547. The minimum atomic E-state index is 0.547. The average molecular weight is 323 g/mol. The normalized spacial score (nSPS) is 23.7. The van der Waals surface area contributed by atoms with Crippen LogP contribution >= 0.6 is 15.9 Å². The molecule has 0 amide bonds. The molecule has 4 heteroatoms. The summed E-state index contributed by atoms with van der Waals surface area (Å²) in [6.45, 7) is 2.34. The van der Waals surface area contributed by atoms with Crippen molar-refractivity contribution in [3.05, 3.63) is 22.8 Å². The summed E-state index contributed by atoms with van der Waals surface area (Å²) in [5, 5.41) is 5.92. The Labute approximate surface area is 122 Å². The summed E-state index contributed by atoms with van der Waals surface area (Å²) in [7, 11) is 1.69. The van der Waals surface area contributed by atoms with Gasteiger partial charge in [-0.05, 0) is 40.8 Å². The Morgan fingerprint density at radius 1 is 1.32 bits per heavy atom. The molecule has 0 radical (unpaired) electrons. The van der Waals surface area contributed by atoms with Gasteiger partial charge in [-0.25, -0.2) is 0 Å². The number of rotatable bonds is 2.